The van der Waals surface area contributed by atoms with E-state index in [1.165, 1.54) is 11.1 Å². The fourth-order valence-electron chi connectivity index (χ4n) is 8.01. The predicted octanol–water partition coefficient (Wildman–Crippen LogP) is 8.16. The average molecular weight is 682 g/mol. The highest BCUT2D eigenvalue weighted by molar-refractivity contribution is 7.87. The average Bonchev–Trinajstić information content (AvgIpc) is 3.60. The Hall–Kier alpha value is -4.23. The molecule has 0 bridgehead atoms. The first-order valence-corrected chi connectivity index (χ1v) is 18.9. The van der Waals surface area contributed by atoms with Crippen molar-refractivity contribution in [3.05, 3.63) is 113 Å². The van der Waals surface area contributed by atoms with Gasteiger partial charge in [0.2, 0.25) is 0 Å². The van der Waals surface area contributed by atoms with Gasteiger partial charge in [0, 0.05) is 23.4 Å². The van der Waals surface area contributed by atoms with Crippen LogP contribution in [-0.4, -0.2) is 25.5 Å². The van der Waals surface area contributed by atoms with Crippen molar-refractivity contribution in [3.8, 4) is 11.8 Å². The van der Waals surface area contributed by atoms with E-state index >= 15 is 0 Å². The number of fused-ring (bicyclic) bond motifs is 1. The smallest absolute Gasteiger partial charge is 0.303 e. The second-order valence-electron chi connectivity index (χ2n) is 13.4. The normalized spacial score (nSPS) is 20.2. The van der Waals surface area contributed by atoms with Crippen LogP contribution < -0.4 is 14.6 Å². The van der Waals surface area contributed by atoms with Gasteiger partial charge in [-0.3, -0.25) is 4.79 Å². The van der Waals surface area contributed by atoms with Crippen molar-refractivity contribution in [3.63, 3.8) is 0 Å². The van der Waals surface area contributed by atoms with E-state index in [1.807, 2.05) is 42.5 Å². The number of nitrogens with one attached hydrogen (secondary N) is 1. The van der Waals surface area contributed by atoms with Crippen molar-refractivity contribution in [2.45, 2.75) is 89.7 Å². The Kier molecular flexibility index (Phi) is 12.1. The van der Waals surface area contributed by atoms with Gasteiger partial charge in [0.1, 0.15) is 12.4 Å². The van der Waals surface area contributed by atoms with E-state index in [1.54, 1.807) is 12.1 Å². The Labute approximate surface area is 290 Å². The first-order chi connectivity index (χ1) is 23.6. The maximum atomic E-state index is 12.4. The molecule has 5 rings (SSSR count). The lowest BCUT2D eigenvalue weighted by Gasteiger charge is -2.38. The highest BCUT2D eigenvalue weighted by Gasteiger charge is 2.57. The van der Waals surface area contributed by atoms with Gasteiger partial charge in [0.15, 0.2) is 0 Å². The maximum Gasteiger partial charge on any atom is 0.303 e. The lowest BCUT2D eigenvalue weighted by atomic mass is 9.66. The van der Waals surface area contributed by atoms with Crippen molar-refractivity contribution in [2.24, 2.45) is 16.5 Å². The molecule has 258 valence electrons. The summed E-state index contributed by atoms with van der Waals surface area (Å²) in [6.07, 6.45) is 10.3. The molecule has 8 nitrogen and oxygen atoms in total. The standard InChI is InChI=1S/C40H47N3O5S/c1-29(34-17-12-13-18-37(34)48-28-31-22-20-30(27-41)21-23-31)40-25-24-36(43-49(42,46)47)35(40)26-33(39(40)32-14-9-7-10-15-32)16-8-5-3-2-4-6-11-19-38(44)45/h7,9-10,12-15,17-18,20-23,35-36,43H,1-6,8,11,16,19,24-26,28H2,(H,44,45)(H2,42,46,47). The van der Waals surface area contributed by atoms with Gasteiger partial charge in [0.05, 0.1) is 11.6 Å². The van der Waals surface area contributed by atoms with Gasteiger partial charge in [-0.05, 0) is 84.9 Å². The number of ether oxygens (including phenoxy) is 1. The molecule has 2 aliphatic carbocycles. The van der Waals surface area contributed by atoms with Gasteiger partial charge in [-0.1, -0.05) is 105 Å². The number of aliphatic carboxylic acids is 1. The summed E-state index contributed by atoms with van der Waals surface area (Å²) in [5.74, 6) is -0.0914. The molecule has 1 saturated carbocycles. The summed E-state index contributed by atoms with van der Waals surface area (Å²) < 4.78 is 34.0. The third-order valence-electron chi connectivity index (χ3n) is 10.2. The van der Waals surface area contributed by atoms with Crippen LogP contribution in [0.5, 0.6) is 5.75 Å². The van der Waals surface area contributed by atoms with Crippen LogP contribution in [-0.2, 0) is 21.6 Å². The van der Waals surface area contributed by atoms with Crippen molar-refractivity contribution in [1.82, 2.24) is 4.72 Å². The largest absolute Gasteiger partial charge is 0.488 e. The minimum absolute atomic E-state index is 0.0654. The lowest BCUT2D eigenvalue weighted by molar-refractivity contribution is -0.137. The molecule has 0 spiro atoms. The van der Waals surface area contributed by atoms with Crippen molar-refractivity contribution >= 4 is 27.3 Å². The summed E-state index contributed by atoms with van der Waals surface area (Å²) in [5.41, 5.74) is 6.55. The minimum atomic E-state index is -3.93. The van der Waals surface area contributed by atoms with Crippen LogP contribution in [0.3, 0.4) is 0 Å². The fraction of sp³-hybridized carbons (Fsp3) is 0.400. The van der Waals surface area contributed by atoms with Crippen LogP contribution in [0.2, 0.25) is 0 Å². The Morgan fingerprint density at radius 1 is 0.959 bits per heavy atom. The number of rotatable bonds is 18. The monoisotopic (exact) mass is 681 g/mol. The molecule has 0 aliphatic heterocycles. The summed E-state index contributed by atoms with van der Waals surface area (Å²) in [6, 6.07) is 27.5. The Morgan fingerprint density at radius 2 is 1.61 bits per heavy atom. The molecule has 3 atom stereocenters. The first kappa shape index (κ1) is 36.1. The molecule has 0 heterocycles. The molecule has 0 amide bonds. The predicted molar refractivity (Wildman–Crippen MR) is 193 cm³/mol. The first-order valence-electron chi connectivity index (χ1n) is 17.3. The van der Waals surface area contributed by atoms with Crippen LogP contribution in [0.25, 0.3) is 11.1 Å². The molecule has 9 heteroatoms. The van der Waals surface area contributed by atoms with E-state index in [2.05, 4.69) is 35.1 Å². The molecule has 0 aromatic heterocycles. The molecule has 2 aliphatic rings. The summed E-state index contributed by atoms with van der Waals surface area (Å²) in [5, 5.41) is 23.6. The molecule has 4 N–H and O–H groups in total. The fourth-order valence-corrected chi connectivity index (χ4v) is 8.72. The van der Waals surface area contributed by atoms with Crippen LogP contribution in [0.4, 0.5) is 0 Å². The van der Waals surface area contributed by atoms with Gasteiger partial charge in [0.25, 0.3) is 10.2 Å². The number of unbranched alkanes of at least 4 members (excludes halogenated alkanes) is 6. The van der Waals surface area contributed by atoms with E-state index in [0.717, 1.165) is 86.5 Å². The van der Waals surface area contributed by atoms with Gasteiger partial charge in [-0.25, -0.2) is 5.14 Å². The SMILES string of the molecule is C=C(c1ccccc1OCc1ccc(C#N)cc1)C12CCC(NS(N)(=O)=O)C1CC(CCCCCCCCCC(=O)O)=C2c1ccccc1. The Balaban J connectivity index is 1.43. The van der Waals surface area contributed by atoms with Gasteiger partial charge in [-0.15, -0.1) is 0 Å². The summed E-state index contributed by atoms with van der Waals surface area (Å²) in [6.45, 7) is 5.11. The zero-order chi connectivity index (χ0) is 34.9. The van der Waals surface area contributed by atoms with E-state index in [9.17, 15) is 18.5 Å². The van der Waals surface area contributed by atoms with E-state index < -0.39 is 21.6 Å². The van der Waals surface area contributed by atoms with E-state index in [4.69, 9.17) is 21.6 Å². The van der Waals surface area contributed by atoms with Crippen molar-refractivity contribution < 1.29 is 23.1 Å². The Morgan fingerprint density at radius 3 is 2.29 bits per heavy atom. The third kappa shape index (κ3) is 8.87. The van der Waals surface area contributed by atoms with Gasteiger partial charge < -0.3 is 9.84 Å². The topological polar surface area (TPSA) is 143 Å². The molecule has 0 saturated heterocycles. The molecule has 3 aromatic rings. The van der Waals surface area contributed by atoms with Crippen LogP contribution in [0, 0.1) is 22.7 Å². The van der Waals surface area contributed by atoms with Crippen LogP contribution in [0.1, 0.15) is 99.3 Å². The maximum absolute atomic E-state index is 12.4. The number of allylic oxidation sites excluding steroid dienone is 3. The van der Waals surface area contributed by atoms with Gasteiger partial charge >= 0.3 is 5.97 Å². The van der Waals surface area contributed by atoms with Gasteiger partial charge in [-0.2, -0.15) is 18.4 Å². The molecule has 1 fully saturated rings. The summed E-state index contributed by atoms with van der Waals surface area (Å²) in [4.78, 5) is 10.8. The number of para-hydroxylation sites is 1. The van der Waals surface area contributed by atoms with Crippen LogP contribution in [0.15, 0.2) is 91.0 Å². The number of nitrogens with zero attached hydrogens (tertiary/aromatic N) is 1. The lowest BCUT2D eigenvalue weighted by Crippen LogP contribution is -2.43. The van der Waals surface area contributed by atoms with E-state index in [0.29, 0.717) is 24.3 Å². The Bertz CT molecular complexity index is 1800. The zero-order valence-corrected chi connectivity index (χ0v) is 28.9. The third-order valence-corrected chi connectivity index (χ3v) is 10.8. The van der Waals surface area contributed by atoms with Crippen molar-refractivity contribution in [2.75, 3.05) is 0 Å². The molecule has 0 radical (unpaired) electrons. The quantitative estimate of drug-likeness (QED) is 0.116. The molecular weight excluding hydrogens is 635 g/mol. The number of hydrogen-bond acceptors (Lipinski definition) is 5. The number of carboxylic acid groups (broad SMARTS) is 1. The number of nitriles is 1. The number of benzene rings is 3. The highest BCUT2D eigenvalue weighted by Crippen LogP contribution is 2.66. The van der Waals surface area contributed by atoms with E-state index in [-0.39, 0.29) is 18.4 Å². The number of carboxylic acids is 1. The minimum Gasteiger partial charge on any atom is -0.488 e. The molecular formula is C40H47N3O5S. The number of nitrogens with two attached hydrogens (primary N) is 1. The second-order valence-corrected chi connectivity index (χ2v) is 14.7. The summed E-state index contributed by atoms with van der Waals surface area (Å²) in [7, 11) is -3.93. The van der Waals surface area contributed by atoms with Crippen molar-refractivity contribution in [1.29, 1.82) is 5.26 Å². The zero-order valence-electron chi connectivity index (χ0n) is 28.1. The molecule has 49 heavy (non-hydrogen) atoms. The molecule has 3 unspecified atom stereocenters. The van der Waals surface area contributed by atoms with Crippen LogP contribution >= 0.6 is 0 Å². The molecule has 3 aromatic carbocycles. The summed E-state index contributed by atoms with van der Waals surface area (Å²) >= 11 is 0. The second kappa shape index (κ2) is 16.4. The highest BCUT2D eigenvalue weighted by atomic mass is 32.2. The number of carbonyl (C=O) groups is 1. The number of hydrogen-bond donors (Lipinski definition) is 3.